The second kappa shape index (κ2) is 4.72. The van der Waals surface area contributed by atoms with Gasteiger partial charge in [0, 0.05) is 46.6 Å². The van der Waals surface area contributed by atoms with Crippen molar-refractivity contribution in [2.24, 2.45) is 0 Å². The van der Waals surface area contributed by atoms with Crippen LogP contribution in [0.5, 0.6) is 0 Å². The summed E-state index contributed by atoms with van der Waals surface area (Å²) >= 11 is 0. The number of H-pyrrole nitrogens is 2. The fraction of sp³-hybridized carbons (Fsp3) is 0.333. The van der Waals surface area contributed by atoms with Crippen LogP contribution in [0.15, 0.2) is 30.5 Å². The molecule has 1 atom stereocenters. The molecular weight excluding hydrogens is 288 g/mol. The Bertz CT molecular complexity index is 903. The smallest absolute Gasteiger partial charge is 0.226 e. The first-order chi connectivity index (χ1) is 11.3. The van der Waals surface area contributed by atoms with Crippen molar-refractivity contribution in [3.63, 3.8) is 0 Å². The van der Waals surface area contributed by atoms with Crippen LogP contribution in [0.4, 0.5) is 5.82 Å². The summed E-state index contributed by atoms with van der Waals surface area (Å²) in [7, 11) is 0. The van der Waals surface area contributed by atoms with Gasteiger partial charge in [-0.15, -0.1) is 0 Å². The van der Waals surface area contributed by atoms with Gasteiger partial charge in [0.05, 0.1) is 0 Å². The number of hydrogen-bond acceptors (Lipinski definition) is 2. The van der Waals surface area contributed by atoms with E-state index in [-0.39, 0.29) is 11.8 Å². The number of nitrogens with zero attached hydrogens (tertiary/aromatic N) is 1. The van der Waals surface area contributed by atoms with E-state index in [1.54, 1.807) is 0 Å². The summed E-state index contributed by atoms with van der Waals surface area (Å²) in [5.41, 5.74) is 4.75. The Morgan fingerprint density at radius 1 is 1.17 bits per heavy atom. The van der Waals surface area contributed by atoms with Crippen molar-refractivity contribution in [2.75, 3.05) is 5.32 Å². The minimum Gasteiger partial charge on any atom is -0.361 e. The first-order valence-corrected chi connectivity index (χ1v) is 8.25. The maximum absolute atomic E-state index is 12.2. The summed E-state index contributed by atoms with van der Waals surface area (Å²) in [5, 5.41) is 11.7. The molecular formula is C18H18N4O. The summed E-state index contributed by atoms with van der Waals surface area (Å²) in [6.07, 6.45) is 6.15. The molecule has 3 aromatic rings. The summed E-state index contributed by atoms with van der Waals surface area (Å²) in [5.74, 6) is 1.41. The summed E-state index contributed by atoms with van der Waals surface area (Å²) in [4.78, 5) is 15.4. The monoisotopic (exact) mass is 306 g/mol. The van der Waals surface area contributed by atoms with E-state index in [1.165, 1.54) is 41.5 Å². The van der Waals surface area contributed by atoms with Crippen LogP contribution in [0.1, 0.15) is 54.3 Å². The molecule has 23 heavy (non-hydrogen) atoms. The molecule has 0 radical (unpaired) electrons. The number of amides is 1. The van der Waals surface area contributed by atoms with Crippen LogP contribution in [-0.2, 0) is 4.79 Å². The molecule has 1 fully saturated rings. The predicted octanol–water partition coefficient (Wildman–Crippen LogP) is 3.63. The number of carbonyl (C=O) groups is 1. The van der Waals surface area contributed by atoms with Crippen molar-refractivity contribution < 1.29 is 4.79 Å². The molecule has 3 N–H and O–H groups in total. The molecule has 2 aliphatic rings. The third-order valence-corrected chi connectivity index (χ3v) is 5.35. The van der Waals surface area contributed by atoms with Gasteiger partial charge in [-0.2, -0.15) is 5.10 Å². The summed E-state index contributed by atoms with van der Waals surface area (Å²) in [6, 6.07) is 8.37. The van der Waals surface area contributed by atoms with E-state index in [0.717, 1.165) is 11.3 Å². The molecule has 1 unspecified atom stereocenters. The van der Waals surface area contributed by atoms with Crippen molar-refractivity contribution in [3.05, 3.63) is 47.3 Å². The normalized spacial score (nSPS) is 21.0. The van der Waals surface area contributed by atoms with Crippen LogP contribution < -0.4 is 5.32 Å². The maximum atomic E-state index is 12.2. The molecule has 5 rings (SSSR count). The highest BCUT2D eigenvalue weighted by atomic mass is 16.1. The number of hydrogen-bond donors (Lipinski definition) is 3. The van der Waals surface area contributed by atoms with Gasteiger partial charge in [0.1, 0.15) is 0 Å². The molecule has 1 aromatic carbocycles. The summed E-state index contributed by atoms with van der Waals surface area (Å²) < 4.78 is 0. The third-order valence-electron chi connectivity index (χ3n) is 5.35. The predicted molar refractivity (Wildman–Crippen MR) is 88.6 cm³/mol. The second-order valence-electron chi connectivity index (χ2n) is 6.62. The number of nitrogens with one attached hydrogen (secondary N) is 3. The molecule has 116 valence electrons. The van der Waals surface area contributed by atoms with Gasteiger partial charge in [0.15, 0.2) is 5.82 Å². The van der Waals surface area contributed by atoms with Gasteiger partial charge in [-0.1, -0.05) is 18.6 Å². The number of aromatic nitrogens is 3. The molecule has 0 spiro atoms. The Kier molecular flexibility index (Phi) is 2.65. The molecule has 0 saturated heterocycles. The fourth-order valence-corrected chi connectivity index (χ4v) is 3.97. The first kappa shape index (κ1) is 12.9. The van der Waals surface area contributed by atoms with Crippen LogP contribution in [-0.4, -0.2) is 21.1 Å². The lowest BCUT2D eigenvalue weighted by Crippen LogP contribution is -2.24. The summed E-state index contributed by atoms with van der Waals surface area (Å²) in [6.45, 7) is 0. The standard InChI is InChI=1S/C18H18N4O/c23-15-9-13(11-5-2-6-14-12(11)7-8-19-14)16-17(10-3-1-4-10)21-22-18(16)20-15/h2,5-8,10,13,19H,1,3-4,9H2,(H2,20,21,22,23). The van der Waals surface area contributed by atoms with Gasteiger partial charge in [-0.3, -0.25) is 9.89 Å². The average molecular weight is 306 g/mol. The van der Waals surface area contributed by atoms with Gasteiger partial charge in [0.2, 0.25) is 5.91 Å². The zero-order chi connectivity index (χ0) is 15.4. The number of anilines is 1. The quantitative estimate of drug-likeness (QED) is 0.676. The number of rotatable bonds is 2. The number of aromatic amines is 2. The van der Waals surface area contributed by atoms with Crippen molar-refractivity contribution in [1.82, 2.24) is 15.2 Å². The Morgan fingerprint density at radius 2 is 2.09 bits per heavy atom. The van der Waals surface area contributed by atoms with Gasteiger partial charge >= 0.3 is 0 Å². The number of fused-ring (bicyclic) bond motifs is 2. The van der Waals surface area contributed by atoms with Gasteiger partial charge in [0.25, 0.3) is 0 Å². The lowest BCUT2D eigenvalue weighted by atomic mass is 9.76. The van der Waals surface area contributed by atoms with Gasteiger partial charge in [-0.25, -0.2) is 0 Å². The van der Waals surface area contributed by atoms with Crippen LogP contribution in [0.3, 0.4) is 0 Å². The Labute approximate surface area is 133 Å². The van der Waals surface area contributed by atoms with E-state index < -0.39 is 0 Å². The SMILES string of the molecule is O=C1CC(c2cccc3[nH]ccc23)c2c(n[nH]c2C2CCC2)N1. The largest absolute Gasteiger partial charge is 0.361 e. The van der Waals surface area contributed by atoms with Gasteiger partial charge in [-0.05, 0) is 30.5 Å². The molecule has 1 amide bonds. The first-order valence-electron chi connectivity index (χ1n) is 8.25. The maximum Gasteiger partial charge on any atom is 0.226 e. The zero-order valence-corrected chi connectivity index (χ0v) is 12.7. The molecule has 1 aliphatic heterocycles. The average Bonchev–Trinajstić information content (AvgIpc) is 3.11. The molecule has 3 heterocycles. The molecule has 5 heteroatoms. The van der Waals surface area contributed by atoms with E-state index in [1.807, 2.05) is 6.20 Å². The van der Waals surface area contributed by atoms with Crippen molar-refractivity contribution in [2.45, 2.75) is 37.5 Å². The van der Waals surface area contributed by atoms with E-state index >= 15 is 0 Å². The Morgan fingerprint density at radius 3 is 2.91 bits per heavy atom. The van der Waals surface area contributed by atoms with Crippen molar-refractivity contribution in [3.8, 4) is 0 Å². The zero-order valence-electron chi connectivity index (χ0n) is 12.7. The topological polar surface area (TPSA) is 73.6 Å². The lowest BCUT2D eigenvalue weighted by Gasteiger charge is -2.29. The second-order valence-corrected chi connectivity index (χ2v) is 6.62. The Balaban J connectivity index is 1.70. The van der Waals surface area contributed by atoms with Gasteiger partial charge < -0.3 is 10.3 Å². The lowest BCUT2D eigenvalue weighted by molar-refractivity contribution is -0.116. The number of benzene rings is 1. The third kappa shape index (κ3) is 1.86. The highest BCUT2D eigenvalue weighted by Crippen LogP contribution is 2.46. The highest BCUT2D eigenvalue weighted by molar-refractivity contribution is 5.96. The van der Waals surface area contributed by atoms with E-state index in [9.17, 15) is 4.79 Å². The molecule has 5 nitrogen and oxygen atoms in total. The number of carbonyl (C=O) groups excluding carboxylic acids is 1. The Hall–Kier alpha value is -2.56. The van der Waals surface area contributed by atoms with Crippen LogP contribution in [0.25, 0.3) is 10.9 Å². The highest BCUT2D eigenvalue weighted by Gasteiger charge is 2.35. The van der Waals surface area contributed by atoms with E-state index in [0.29, 0.717) is 12.3 Å². The minimum absolute atomic E-state index is 0.0432. The van der Waals surface area contributed by atoms with E-state index in [4.69, 9.17) is 0 Å². The molecule has 1 aliphatic carbocycles. The molecule has 0 bridgehead atoms. The van der Waals surface area contributed by atoms with Crippen molar-refractivity contribution >= 4 is 22.6 Å². The van der Waals surface area contributed by atoms with E-state index in [2.05, 4.69) is 44.8 Å². The van der Waals surface area contributed by atoms with Crippen molar-refractivity contribution in [1.29, 1.82) is 0 Å². The van der Waals surface area contributed by atoms with Crippen LogP contribution in [0, 0.1) is 0 Å². The minimum atomic E-state index is 0.0432. The molecule has 2 aromatic heterocycles. The fourth-order valence-electron chi connectivity index (χ4n) is 3.97. The molecule has 1 saturated carbocycles. The van der Waals surface area contributed by atoms with Crippen LogP contribution >= 0.6 is 0 Å². The van der Waals surface area contributed by atoms with Crippen LogP contribution in [0.2, 0.25) is 0 Å².